The molecule has 0 fully saturated rings. The number of hydrogen-bond donors (Lipinski definition) is 1. The van der Waals surface area contributed by atoms with Crippen LogP contribution in [0.3, 0.4) is 0 Å². The second-order valence-corrected chi connectivity index (χ2v) is 13.7. The van der Waals surface area contributed by atoms with E-state index in [2.05, 4.69) is 68.5 Å². The van der Waals surface area contributed by atoms with Crippen molar-refractivity contribution in [1.82, 2.24) is 0 Å². The lowest BCUT2D eigenvalue weighted by molar-refractivity contribution is -0.161. The van der Waals surface area contributed by atoms with Crippen LogP contribution in [0, 0.1) is 0 Å². The van der Waals surface area contributed by atoms with E-state index in [0.717, 1.165) is 77.0 Å². The molecule has 0 aliphatic heterocycles. The van der Waals surface area contributed by atoms with Crippen molar-refractivity contribution in [3.05, 3.63) is 60.8 Å². The maximum absolute atomic E-state index is 12.2. The molecule has 1 atom stereocenters. The fourth-order valence-electron chi connectivity index (χ4n) is 5.70. The fraction of sp³-hybridized carbons (Fsp3) is 0.733. The lowest BCUT2D eigenvalue weighted by Crippen LogP contribution is -2.28. The molecule has 0 spiro atoms. The molecule has 0 aromatic heterocycles. The van der Waals surface area contributed by atoms with E-state index in [1.807, 2.05) is 6.08 Å². The van der Waals surface area contributed by atoms with Gasteiger partial charge in [-0.2, -0.15) is 0 Å². The zero-order valence-corrected chi connectivity index (χ0v) is 32.6. The van der Waals surface area contributed by atoms with E-state index in [1.54, 1.807) is 0 Å². The van der Waals surface area contributed by atoms with E-state index < -0.39 is 6.10 Å². The van der Waals surface area contributed by atoms with Crippen molar-refractivity contribution in [3.63, 3.8) is 0 Å². The highest BCUT2D eigenvalue weighted by atomic mass is 16.6. The van der Waals surface area contributed by atoms with E-state index in [9.17, 15) is 14.7 Å². The summed E-state index contributed by atoms with van der Waals surface area (Å²) in [6.45, 7) is 3.98. The van der Waals surface area contributed by atoms with Crippen LogP contribution in [0.5, 0.6) is 0 Å². The van der Waals surface area contributed by atoms with Gasteiger partial charge in [-0.25, -0.2) is 0 Å². The first-order chi connectivity index (χ1) is 24.6. The van der Waals surface area contributed by atoms with Crippen molar-refractivity contribution in [1.29, 1.82) is 0 Å². The number of unbranched alkanes of at least 4 members (excludes halogenated alkanes) is 21. The predicted molar refractivity (Wildman–Crippen MR) is 214 cm³/mol. The van der Waals surface area contributed by atoms with Gasteiger partial charge in [0.15, 0.2) is 6.10 Å². The average Bonchev–Trinajstić information content (AvgIpc) is 3.12. The lowest BCUT2D eigenvalue weighted by Gasteiger charge is -2.15. The molecule has 5 nitrogen and oxygen atoms in total. The summed E-state index contributed by atoms with van der Waals surface area (Å²) in [7, 11) is 0. The third kappa shape index (κ3) is 38.4. The van der Waals surface area contributed by atoms with Gasteiger partial charge in [0.25, 0.3) is 0 Å². The number of ether oxygens (including phenoxy) is 2. The molecule has 0 aliphatic carbocycles. The van der Waals surface area contributed by atoms with E-state index in [0.29, 0.717) is 12.8 Å². The quantitative estimate of drug-likeness (QED) is 0.0303. The Balaban J connectivity index is 3.57. The summed E-state index contributed by atoms with van der Waals surface area (Å²) < 4.78 is 10.6. The molecule has 0 saturated carbocycles. The first kappa shape index (κ1) is 47.6. The Morgan fingerprint density at radius 2 is 0.940 bits per heavy atom. The van der Waals surface area contributed by atoms with Crippen LogP contribution in [0.1, 0.15) is 194 Å². The number of esters is 2. The van der Waals surface area contributed by atoms with Gasteiger partial charge in [-0.3, -0.25) is 9.59 Å². The van der Waals surface area contributed by atoms with Crippen molar-refractivity contribution >= 4 is 11.9 Å². The highest BCUT2D eigenvalue weighted by Gasteiger charge is 2.16. The molecule has 0 aromatic carbocycles. The molecule has 0 amide bonds. The van der Waals surface area contributed by atoms with E-state index in [-0.39, 0.29) is 25.2 Å². The number of aliphatic hydroxyl groups excluding tert-OH is 1. The molecule has 0 aliphatic rings. The smallest absolute Gasteiger partial charge is 0.306 e. The molecule has 1 N–H and O–H groups in total. The minimum atomic E-state index is -0.786. The summed E-state index contributed by atoms with van der Waals surface area (Å²) in [6, 6.07) is 0. The maximum Gasteiger partial charge on any atom is 0.306 e. The number of hydrogen-bond acceptors (Lipinski definition) is 5. The van der Waals surface area contributed by atoms with Gasteiger partial charge in [0.2, 0.25) is 0 Å². The third-order valence-corrected chi connectivity index (χ3v) is 8.86. The molecule has 0 aromatic rings. The monoisotopic (exact) mass is 699 g/mol. The van der Waals surface area contributed by atoms with Crippen molar-refractivity contribution in [2.24, 2.45) is 0 Å². The van der Waals surface area contributed by atoms with Gasteiger partial charge >= 0.3 is 11.9 Å². The molecule has 0 rings (SSSR count). The zero-order valence-electron chi connectivity index (χ0n) is 32.6. The fourth-order valence-corrected chi connectivity index (χ4v) is 5.70. The second-order valence-electron chi connectivity index (χ2n) is 13.7. The molecule has 0 saturated heterocycles. The van der Waals surface area contributed by atoms with Gasteiger partial charge < -0.3 is 14.6 Å². The zero-order chi connectivity index (χ0) is 36.4. The molecule has 1 unspecified atom stereocenters. The van der Waals surface area contributed by atoms with Gasteiger partial charge in [0, 0.05) is 12.8 Å². The Labute approximate surface area is 309 Å². The van der Waals surface area contributed by atoms with Crippen LogP contribution >= 0.6 is 0 Å². The van der Waals surface area contributed by atoms with Crippen LogP contribution in [-0.2, 0) is 19.1 Å². The van der Waals surface area contributed by atoms with Gasteiger partial charge in [0.1, 0.15) is 6.61 Å². The Morgan fingerprint density at radius 1 is 0.500 bits per heavy atom. The summed E-state index contributed by atoms with van der Waals surface area (Å²) in [5.74, 6) is -0.626. The lowest BCUT2D eigenvalue weighted by atomic mass is 10.1. The number of rotatable bonds is 37. The van der Waals surface area contributed by atoms with E-state index in [4.69, 9.17) is 9.47 Å². The molecule has 0 heterocycles. The van der Waals surface area contributed by atoms with Crippen LogP contribution in [0.2, 0.25) is 0 Å². The van der Waals surface area contributed by atoms with E-state index >= 15 is 0 Å². The summed E-state index contributed by atoms with van der Waals surface area (Å²) in [5.41, 5.74) is 0. The van der Waals surface area contributed by atoms with Crippen LogP contribution in [0.4, 0.5) is 0 Å². The molecular weight excluding hydrogens is 620 g/mol. The minimum Gasteiger partial charge on any atom is -0.462 e. The van der Waals surface area contributed by atoms with Crippen LogP contribution in [-0.4, -0.2) is 36.4 Å². The van der Waals surface area contributed by atoms with Gasteiger partial charge in [-0.15, -0.1) is 0 Å². The van der Waals surface area contributed by atoms with Gasteiger partial charge in [0.05, 0.1) is 6.61 Å². The molecule has 0 bridgehead atoms. The molecular formula is C45H78O5. The molecule has 5 heteroatoms. The normalized spacial score (nSPS) is 12.8. The van der Waals surface area contributed by atoms with Crippen molar-refractivity contribution in [2.75, 3.05) is 13.2 Å². The largest absolute Gasteiger partial charge is 0.462 e. The van der Waals surface area contributed by atoms with Crippen molar-refractivity contribution in [2.45, 2.75) is 200 Å². The number of aliphatic hydroxyl groups is 1. The predicted octanol–water partition coefficient (Wildman–Crippen LogP) is 13.2. The van der Waals surface area contributed by atoms with E-state index in [1.165, 1.54) is 89.9 Å². The Bertz CT molecular complexity index is 884. The Kier molecular flexibility index (Phi) is 39.1. The SMILES string of the molecule is CC/C=C/C=C/C=C/CCCCCCCC(=O)OCC(CO)OC(=O)CCCCCCCCC/C=C/C/C=C/CCCCCCCCCCC. The number of allylic oxidation sites excluding steroid dienone is 10. The van der Waals surface area contributed by atoms with Crippen LogP contribution in [0.25, 0.3) is 0 Å². The Hall–Kier alpha value is -2.40. The Morgan fingerprint density at radius 3 is 1.44 bits per heavy atom. The molecule has 50 heavy (non-hydrogen) atoms. The highest BCUT2D eigenvalue weighted by Crippen LogP contribution is 2.13. The molecule has 288 valence electrons. The third-order valence-electron chi connectivity index (χ3n) is 8.86. The number of carbonyl (C=O) groups excluding carboxylic acids is 2. The summed E-state index contributed by atoms with van der Waals surface area (Å²) >= 11 is 0. The van der Waals surface area contributed by atoms with Crippen molar-refractivity contribution in [3.8, 4) is 0 Å². The summed E-state index contributed by atoms with van der Waals surface area (Å²) in [6.07, 6.45) is 52.9. The minimum absolute atomic E-state index is 0.0820. The standard InChI is InChI=1S/C45H78O5/c1-3-5-7-9-11-13-15-17-18-19-20-21-22-23-24-25-26-28-30-32-34-36-38-40-45(48)50-43(41-46)42-49-44(47)39-37-35-33-31-29-27-16-14-12-10-8-6-4-2/h6,8,10,12,14,16,20-21,23-24,43,46H,3-5,7,9,11,13,15,17-19,22,25-42H2,1-2H3/b8-6+,12-10+,16-14+,21-20+,24-23+. The topological polar surface area (TPSA) is 72.8 Å². The van der Waals surface area contributed by atoms with Gasteiger partial charge in [-0.1, -0.05) is 177 Å². The first-order valence-electron chi connectivity index (χ1n) is 20.9. The van der Waals surface area contributed by atoms with Gasteiger partial charge in [-0.05, 0) is 64.2 Å². The van der Waals surface area contributed by atoms with Crippen molar-refractivity contribution < 1.29 is 24.2 Å². The second kappa shape index (κ2) is 41.0. The highest BCUT2D eigenvalue weighted by molar-refractivity contribution is 5.70. The maximum atomic E-state index is 12.2. The summed E-state index contributed by atoms with van der Waals surface area (Å²) in [5, 5.41) is 9.56. The average molecular weight is 699 g/mol. The number of carbonyl (C=O) groups is 2. The van der Waals surface area contributed by atoms with Crippen LogP contribution in [0.15, 0.2) is 60.8 Å². The van der Waals surface area contributed by atoms with Crippen LogP contribution < -0.4 is 0 Å². The first-order valence-corrected chi connectivity index (χ1v) is 20.9. The summed E-state index contributed by atoms with van der Waals surface area (Å²) in [4.78, 5) is 24.3. The molecule has 0 radical (unpaired) electrons.